The van der Waals surface area contributed by atoms with Crippen LogP contribution < -0.4 is 0 Å². The summed E-state index contributed by atoms with van der Waals surface area (Å²) >= 11 is 0. The molecule has 0 N–H and O–H groups in total. The highest BCUT2D eigenvalue weighted by Crippen LogP contribution is 2.08. The Kier molecular flexibility index (Phi) is 3.77. The van der Waals surface area contributed by atoms with Crippen molar-refractivity contribution in [3.8, 4) is 0 Å². The quantitative estimate of drug-likeness (QED) is 0.330. The molecule has 3 heteroatoms. The van der Waals surface area contributed by atoms with Crippen LogP contribution in [-0.4, -0.2) is 19.5 Å². The highest BCUT2D eigenvalue weighted by atomic mass is 17.2. The van der Waals surface area contributed by atoms with Crippen molar-refractivity contribution in [2.24, 2.45) is 0 Å². The summed E-state index contributed by atoms with van der Waals surface area (Å²) in [6.07, 6.45) is 0. The standard InChI is InChI=1S/C6H14O3/c1-5-8-9-6(2,3)7-4/h5H2,1-4H3. The summed E-state index contributed by atoms with van der Waals surface area (Å²) < 4.78 is 4.89. The van der Waals surface area contributed by atoms with Gasteiger partial charge in [0.05, 0.1) is 6.61 Å². The third kappa shape index (κ3) is 4.39. The second-order valence-electron chi connectivity index (χ2n) is 2.09. The molecule has 0 amide bonds. The van der Waals surface area contributed by atoms with Gasteiger partial charge in [0.25, 0.3) is 0 Å². The number of hydrogen-bond acceptors (Lipinski definition) is 3. The first-order valence-electron chi connectivity index (χ1n) is 2.98. The van der Waals surface area contributed by atoms with E-state index in [1.165, 1.54) is 0 Å². The van der Waals surface area contributed by atoms with Crippen molar-refractivity contribution in [3.63, 3.8) is 0 Å². The summed E-state index contributed by atoms with van der Waals surface area (Å²) in [6.45, 7) is 5.95. The predicted octanol–water partition coefficient (Wildman–Crippen LogP) is 1.34. The van der Waals surface area contributed by atoms with Gasteiger partial charge in [-0.2, -0.15) is 0 Å². The van der Waals surface area contributed by atoms with Crippen LogP contribution in [0.1, 0.15) is 20.8 Å². The molecule has 0 saturated carbocycles. The van der Waals surface area contributed by atoms with Gasteiger partial charge in [-0.3, -0.25) is 0 Å². The molecule has 0 aromatic heterocycles. The zero-order valence-electron chi connectivity index (χ0n) is 6.43. The van der Waals surface area contributed by atoms with E-state index >= 15 is 0 Å². The van der Waals surface area contributed by atoms with Crippen LogP contribution >= 0.6 is 0 Å². The second kappa shape index (κ2) is 3.82. The zero-order chi connectivity index (χ0) is 7.33. The van der Waals surface area contributed by atoms with Crippen LogP contribution in [0.4, 0.5) is 0 Å². The van der Waals surface area contributed by atoms with Crippen molar-refractivity contribution in [1.29, 1.82) is 0 Å². The van der Waals surface area contributed by atoms with Gasteiger partial charge in [-0.05, 0) is 20.8 Å². The number of hydrogen-bond donors (Lipinski definition) is 0. The maximum Gasteiger partial charge on any atom is 0.195 e. The number of rotatable bonds is 4. The van der Waals surface area contributed by atoms with Gasteiger partial charge in [-0.1, -0.05) is 0 Å². The van der Waals surface area contributed by atoms with Crippen LogP contribution in [0.15, 0.2) is 0 Å². The van der Waals surface area contributed by atoms with E-state index in [1.54, 1.807) is 21.0 Å². The van der Waals surface area contributed by atoms with Crippen LogP contribution in [0.25, 0.3) is 0 Å². The molecule has 0 bridgehead atoms. The topological polar surface area (TPSA) is 27.7 Å². The minimum atomic E-state index is -0.629. The minimum Gasteiger partial charge on any atom is -0.351 e. The fraction of sp³-hybridized carbons (Fsp3) is 1.00. The molecule has 0 atom stereocenters. The second-order valence-corrected chi connectivity index (χ2v) is 2.09. The maximum atomic E-state index is 4.89. The van der Waals surface area contributed by atoms with E-state index < -0.39 is 5.79 Å². The first kappa shape index (κ1) is 8.88. The predicted molar refractivity (Wildman–Crippen MR) is 33.8 cm³/mol. The van der Waals surface area contributed by atoms with Crippen molar-refractivity contribution in [1.82, 2.24) is 0 Å². The molecule has 0 aliphatic carbocycles. The van der Waals surface area contributed by atoms with E-state index in [9.17, 15) is 0 Å². The van der Waals surface area contributed by atoms with Crippen LogP contribution in [0.5, 0.6) is 0 Å². The van der Waals surface area contributed by atoms with Crippen molar-refractivity contribution in [2.45, 2.75) is 26.6 Å². The van der Waals surface area contributed by atoms with Gasteiger partial charge in [0.1, 0.15) is 0 Å². The van der Waals surface area contributed by atoms with Gasteiger partial charge in [0.2, 0.25) is 0 Å². The summed E-state index contributed by atoms with van der Waals surface area (Å²) in [7, 11) is 1.57. The SMILES string of the molecule is CCOOC(C)(C)OC. The van der Waals surface area contributed by atoms with Crippen LogP contribution in [0.2, 0.25) is 0 Å². The minimum absolute atomic E-state index is 0.535. The highest BCUT2D eigenvalue weighted by molar-refractivity contribution is 4.46. The summed E-state index contributed by atoms with van der Waals surface area (Å²) in [5.41, 5.74) is 0. The molecule has 0 fully saturated rings. The van der Waals surface area contributed by atoms with Gasteiger partial charge in [-0.15, -0.1) is 0 Å². The van der Waals surface area contributed by atoms with E-state index in [2.05, 4.69) is 4.89 Å². The van der Waals surface area contributed by atoms with Crippen LogP contribution in [0.3, 0.4) is 0 Å². The van der Waals surface area contributed by atoms with Gasteiger partial charge in [0, 0.05) is 7.11 Å². The Morgan fingerprint density at radius 1 is 1.33 bits per heavy atom. The van der Waals surface area contributed by atoms with E-state index in [4.69, 9.17) is 9.62 Å². The molecule has 0 unspecified atom stereocenters. The van der Waals surface area contributed by atoms with Crippen molar-refractivity contribution >= 4 is 0 Å². The maximum absolute atomic E-state index is 4.89. The largest absolute Gasteiger partial charge is 0.351 e. The Labute approximate surface area is 55.8 Å². The summed E-state index contributed by atoms with van der Waals surface area (Å²) in [5, 5.41) is 0. The van der Waals surface area contributed by atoms with E-state index in [0.29, 0.717) is 6.61 Å². The molecule has 0 aliphatic heterocycles. The Bertz CT molecular complexity index is 70.7. The Morgan fingerprint density at radius 3 is 2.22 bits per heavy atom. The lowest BCUT2D eigenvalue weighted by atomic mass is 10.4. The molecule has 56 valence electrons. The number of methoxy groups -OCH3 is 1. The lowest BCUT2D eigenvalue weighted by Crippen LogP contribution is -2.26. The fourth-order valence-corrected chi connectivity index (χ4v) is 0.235. The van der Waals surface area contributed by atoms with Crippen molar-refractivity contribution in [2.75, 3.05) is 13.7 Å². The van der Waals surface area contributed by atoms with Gasteiger partial charge < -0.3 is 4.74 Å². The molecule has 0 heterocycles. The average molecular weight is 134 g/mol. The van der Waals surface area contributed by atoms with Gasteiger partial charge in [-0.25, -0.2) is 9.78 Å². The molecule has 0 aromatic rings. The van der Waals surface area contributed by atoms with E-state index in [-0.39, 0.29) is 0 Å². The van der Waals surface area contributed by atoms with Crippen LogP contribution in [0, 0.1) is 0 Å². The lowest BCUT2D eigenvalue weighted by molar-refractivity contribution is -0.411. The molecule has 9 heavy (non-hydrogen) atoms. The smallest absolute Gasteiger partial charge is 0.195 e. The fourth-order valence-electron chi connectivity index (χ4n) is 0.235. The molecule has 0 aromatic carbocycles. The molecule has 0 aliphatic rings. The summed E-state index contributed by atoms with van der Waals surface area (Å²) in [4.78, 5) is 9.47. The first-order valence-corrected chi connectivity index (χ1v) is 2.98. The molecule has 3 nitrogen and oxygen atoms in total. The molecule has 0 spiro atoms. The molecule has 0 radical (unpaired) electrons. The summed E-state index contributed by atoms with van der Waals surface area (Å²) in [5.74, 6) is -0.629. The highest BCUT2D eigenvalue weighted by Gasteiger charge is 2.17. The van der Waals surface area contributed by atoms with E-state index in [0.717, 1.165) is 0 Å². The van der Waals surface area contributed by atoms with Crippen molar-refractivity contribution in [3.05, 3.63) is 0 Å². The lowest BCUT2D eigenvalue weighted by Gasteiger charge is -2.20. The van der Waals surface area contributed by atoms with Gasteiger partial charge in [0.15, 0.2) is 5.79 Å². The van der Waals surface area contributed by atoms with Crippen molar-refractivity contribution < 1.29 is 14.5 Å². The van der Waals surface area contributed by atoms with Crippen LogP contribution in [-0.2, 0) is 14.5 Å². The molecule has 0 saturated heterocycles. The van der Waals surface area contributed by atoms with Gasteiger partial charge >= 0.3 is 0 Å². The third-order valence-electron chi connectivity index (χ3n) is 0.869. The molecular weight excluding hydrogens is 120 g/mol. The Balaban J connectivity index is 3.33. The normalized spacial score (nSPS) is 12.0. The third-order valence-corrected chi connectivity index (χ3v) is 0.869. The summed E-state index contributed by atoms with van der Waals surface area (Å²) in [6, 6.07) is 0. The molecular formula is C6H14O3. The molecule has 0 rings (SSSR count). The monoisotopic (exact) mass is 134 g/mol. The average Bonchev–Trinajstić information content (AvgIpc) is 1.84. The first-order chi connectivity index (χ1) is 4.12. The van der Waals surface area contributed by atoms with E-state index in [1.807, 2.05) is 6.92 Å². The zero-order valence-corrected chi connectivity index (χ0v) is 6.43. The Morgan fingerprint density at radius 2 is 1.89 bits per heavy atom. The Hall–Kier alpha value is -0.120. The number of ether oxygens (including phenoxy) is 1.